The molecule has 0 radical (unpaired) electrons. The van der Waals surface area contributed by atoms with E-state index in [1.807, 2.05) is 62.4 Å². The average molecular weight is 465 g/mol. The topological polar surface area (TPSA) is 99.2 Å². The van der Waals surface area contributed by atoms with Crippen LogP contribution >= 0.6 is 0 Å². The number of aryl methyl sites for hydroxylation is 2. The van der Waals surface area contributed by atoms with Crippen molar-refractivity contribution in [3.05, 3.63) is 122 Å². The van der Waals surface area contributed by atoms with Crippen molar-refractivity contribution in [2.45, 2.75) is 32.6 Å². The van der Waals surface area contributed by atoms with Gasteiger partial charge in [-0.3, -0.25) is 14.2 Å². The molecule has 2 aliphatic rings. The van der Waals surface area contributed by atoms with E-state index in [-0.39, 0.29) is 23.7 Å². The van der Waals surface area contributed by atoms with Gasteiger partial charge in [0, 0.05) is 35.8 Å². The molecule has 2 atom stereocenters. The first-order valence-electron chi connectivity index (χ1n) is 11.5. The lowest BCUT2D eigenvalue weighted by Gasteiger charge is -2.18. The van der Waals surface area contributed by atoms with Gasteiger partial charge >= 0.3 is 0 Å². The van der Waals surface area contributed by atoms with E-state index < -0.39 is 0 Å². The number of nitrogens with zero attached hydrogens (tertiary/aromatic N) is 2. The van der Waals surface area contributed by atoms with Crippen molar-refractivity contribution in [3.8, 4) is 5.69 Å². The zero-order chi connectivity index (χ0) is 24.3. The Bertz CT molecular complexity index is 1550. The van der Waals surface area contributed by atoms with Gasteiger partial charge in [-0.05, 0) is 83.6 Å². The van der Waals surface area contributed by atoms with E-state index in [4.69, 9.17) is 10.5 Å². The van der Waals surface area contributed by atoms with Crippen LogP contribution in [0, 0.1) is 13.8 Å². The summed E-state index contributed by atoms with van der Waals surface area (Å²) in [6.45, 7) is 4.23. The lowest BCUT2D eigenvalue weighted by atomic mass is 9.85. The SMILES string of the molecule is Cc1cc(N)nc(C)c1CNC(=O)c1ccc2c(c1)C1OC2c2ccc(-n3ccccc3=O)cc21. The minimum atomic E-state index is -0.261. The number of carbonyl (C=O) groups excluding carboxylic acids is 1. The normalized spacial score (nSPS) is 17.2. The highest BCUT2D eigenvalue weighted by molar-refractivity contribution is 5.94. The van der Waals surface area contributed by atoms with E-state index in [9.17, 15) is 9.59 Å². The number of benzene rings is 2. The fourth-order valence-electron chi connectivity index (χ4n) is 5.19. The highest BCUT2D eigenvalue weighted by atomic mass is 16.5. The summed E-state index contributed by atoms with van der Waals surface area (Å²) in [4.78, 5) is 29.6. The van der Waals surface area contributed by atoms with E-state index in [1.54, 1.807) is 22.9 Å². The summed E-state index contributed by atoms with van der Waals surface area (Å²) in [5.74, 6) is 0.320. The van der Waals surface area contributed by atoms with Crippen LogP contribution in [0.1, 0.15) is 61.6 Å². The molecule has 0 aliphatic carbocycles. The zero-order valence-corrected chi connectivity index (χ0v) is 19.4. The summed E-state index contributed by atoms with van der Waals surface area (Å²) < 4.78 is 7.92. The maximum atomic E-state index is 13.0. The molecule has 2 unspecified atom stereocenters. The predicted molar refractivity (Wildman–Crippen MR) is 133 cm³/mol. The largest absolute Gasteiger partial charge is 0.384 e. The minimum absolute atomic E-state index is 0.0855. The second-order valence-electron chi connectivity index (χ2n) is 9.07. The highest BCUT2D eigenvalue weighted by Gasteiger charge is 2.43. The summed E-state index contributed by atoms with van der Waals surface area (Å²) in [5.41, 5.74) is 14.1. The first-order valence-corrected chi connectivity index (χ1v) is 11.5. The average Bonchev–Trinajstić information content (AvgIpc) is 3.40. The van der Waals surface area contributed by atoms with Crippen molar-refractivity contribution in [1.29, 1.82) is 0 Å². The Kier molecular flexibility index (Phi) is 4.82. The molecule has 174 valence electrons. The minimum Gasteiger partial charge on any atom is -0.384 e. The van der Waals surface area contributed by atoms with Crippen LogP contribution in [0.3, 0.4) is 0 Å². The van der Waals surface area contributed by atoms with Crippen molar-refractivity contribution in [3.63, 3.8) is 0 Å². The van der Waals surface area contributed by atoms with Gasteiger partial charge in [0.25, 0.3) is 11.5 Å². The Morgan fingerprint density at radius 3 is 2.51 bits per heavy atom. The molecule has 7 nitrogen and oxygen atoms in total. The fraction of sp³-hybridized carbons (Fsp3) is 0.179. The maximum Gasteiger partial charge on any atom is 0.255 e. The number of aromatic nitrogens is 2. The number of hydrogen-bond donors (Lipinski definition) is 2. The van der Waals surface area contributed by atoms with Gasteiger partial charge in [-0.15, -0.1) is 0 Å². The number of hydrogen-bond acceptors (Lipinski definition) is 5. The molecule has 2 aromatic carbocycles. The predicted octanol–water partition coefficient (Wildman–Crippen LogP) is 3.88. The Labute approximate surface area is 202 Å². The number of nitrogen functional groups attached to an aromatic ring is 1. The number of nitrogens with one attached hydrogen (secondary N) is 1. The van der Waals surface area contributed by atoms with Crippen molar-refractivity contribution < 1.29 is 9.53 Å². The van der Waals surface area contributed by atoms with Crippen LogP contribution in [0.4, 0.5) is 5.82 Å². The molecule has 4 heterocycles. The Hall–Kier alpha value is -4.23. The van der Waals surface area contributed by atoms with Gasteiger partial charge in [0.2, 0.25) is 0 Å². The van der Waals surface area contributed by atoms with Gasteiger partial charge in [-0.1, -0.05) is 18.2 Å². The van der Waals surface area contributed by atoms with Crippen molar-refractivity contribution in [2.24, 2.45) is 0 Å². The molecule has 2 aliphatic heterocycles. The molecule has 6 rings (SSSR count). The van der Waals surface area contributed by atoms with Crippen molar-refractivity contribution in [1.82, 2.24) is 14.9 Å². The third kappa shape index (κ3) is 3.43. The molecule has 0 spiro atoms. The molecule has 3 N–H and O–H groups in total. The molecule has 1 amide bonds. The lowest BCUT2D eigenvalue weighted by Crippen LogP contribution is -2.24. The highest BCUT2D eigenvalue weighted by Crippen LogP contribution is 2.54. The molecular weight excluding hydrogens is 440 g/mol. The van der Waals surface area contributed by atoms with E-state index in [0.29, 0.717) is 17.9 Å². The van der Waals surface area contributed by atoms with Crippen LogP contribution < -0.4 is 16.6 Å². The Balaban J connectivity index is 1.27. The first kappa shape index (κ1) is 21.3. The third-order valence-corrected chi connectivity index (χ3v) is 6.92. The number of ether oxygens (including phenoxy) is 1. The quantitative estimate of drug-likeness (QED) is 0.478. The molecule has 4 aromatic rings. The van der Waals surface area contributed by atoms with Crippen LogP contribution in [0.5, 0.6) is 0 Å². The van der Waals surface area contributed by atoms with Crippen LogP contribution in [-0.4, -0.2) is 15.5 Å². The number of carbonyl (C=O) groups is 1. The summed E-state index contributed by atoms with van der Waals surface area (Å²) in [5, 5.41) is 3.01. The molecular formula is C28H24N4O3. The van der Waals surface area contributed by atoms with E-state index in [1.165, 1.54) is 0 Å². The monoisotopic (exact) mass is 464 g/mol. The number of anilines is 1. The molecule has 0 saturated heterocycles. The van der Waals surface area contributed by atoms with E-state index >= 15 is 0 Å². The zero-order valence-electron chi connectivity index (χ0n) is 19.4. The number of pyridine rings is 2. The third-order valence-electron chi connectivity index (χ3n) is 6.92. The summed E-state index contributed by atoms with van der Waals surface area (Å²) in [6, 6.07) is 18.6. The van der Waals surface area contributed by atoms with Gasteiger partial charge in [-0.2, -0.15) is 0 Å². The van der Waals surface area contributed by atoms with Gasteiger partial charge in [0.1, 0.15) is 18.0 Å². The van der Waals surface area contributed by atoms with Crippen LogP contribution in [0.2, 0.25) is 0 Å². The van der Waals surface area contributed by atoms with Gasteiger partial charge < -0.3 is 15.8 Å². The molecule has 0 fully saturated rings. The van der Waals surface area contributed by atoms with Crippen molar-refractivity contribution in [2.75, 3.05) is 5.73 Å². The lowest BCUT2D eigenvalue weighted by molar-refractivity contribution is 0.0857. The molecule has 2 bridgehead atoms. The molecule has 2 aromatic heterocycles. The Morgan fingerprint density at radius 1 is 1.00 bits per heavy atom. The maximum absolute atomic E-state index is 13.0. The molecule has 7 heteroatoms. The van der Waals surface area contributed by atoms with Gasteiger partial charge in [0.05, 0.1) is 0 Å². The summed E-state index contributed by atoms with van der Waals surface area (Å²) in [6.07, 6.45) is 1.34. The van der Waals surface area contributed by atoms with Crippen LogP contribution in [0.15, 0.2) is 71.7 Å². The molecule has 0 saturated carbocycles. The standard InChI is InChI=1S/C28H24N4O3/c1-15-11-24(29)31-16(2)23(15)14-30-28(34)17-6-8-19-21(12-17)27-22-13-18(7-9-20(22)26(19)35-27)32-10-4-3-5-25(32)33/h3-13,26-27H,14H2,1-2H3,(H2,29,31)(H,30,34). The van der Waals surface area contributed by atoms with E-state index in [0.717, 1.165) is 44.8 Å². The fourth-order valence-corrected chi connectivity index (χ4v) is 5.19. The van der Waals surface area contributed by atoms with Crippen LogP contribution in [0.25, 0.3) is 5.69 Å². The summed E-state index contributed by atoms with van der Waals surface area (Å²) >= 11 is 0. The molecule has 35 heavy (non-hydrogen) atoms. The number of nitrogens with two attached hydrogens (primary N) is 1. The van der Waals surface area contributed by atoms with Crippen LogP contribution in [-0.2, 0) is 11.3 Å². The van der Waals surface area contributed by atoms with E-state index in [2.05, 4.69) is 10.3 Å². The smallest absolute Gasteiger partial charge is 0.255 e. The van der Waals surface area contributed by atoms with Gasteiger partial charge in [0.15, 0.2) is 0 Å². The number of rotatable bonds is 4. The number of amides is 1. The number of fused-ring (bicyclic) bond motifs is 8. The first-order chi connectivity index (χ1) is 16.9. The van der Waals surface area contributed by atoms with Crippen molar-refractivity contribution >= 4 is 11.7 Å². The second kappa shape index (κ2) is 7.92. The Morgan fingerprint density at radius 2 is 1.74 bits per heavy atom. The van der Waals surface area contributed by atoms with Gasteiger partial charge in [-0.25, -0.2) is 4.98 Å². The second-order valence-corrected chi connectivity index (χ2v) is 9.07. The summed E-state index contributed by atoms with van der Waals surface area (Å²) in [7, 11) is 0.